The molecule has 0 aliphatic rings. The van der Waals surface area contributed by atoms with Gasteiger partial charge in [0, 0.05) is 18.5 Å². The molecule has 0 saturated heterocycles. The van der Waals surface area contributed by atoms with Crippen LogP contribution in [0.5, 0.6) is 0 Å². The molecule has 5 nitrogen and oxygen atoms in total. The Hall–Kier alpha value is -1.56. The van der Waals surface area contributed by atoms with E-state index in [4.69, 9.17) is 5.73 Å². The van der Waals surface area contributed by atoms with Gasteiger partial charge in [0.05, 0.1) is 0 Å². The van der Waals surface area contributed by atoms with E-state index < -0.39 is 0 Å². The van der Waals surface area contributed by atoms with Crippen molar-refractivity contribution in [2.24, 2.45) is 0 Å². The molecular formula is C10H13N5S. The first-order chi connectivity index (χ1) is 7.81. The van der Waals surface area contributed by atoms with Crippen molar-refractivity contribution < 1.29 is 0 Å². The van der Waals surface area contributed by atoms with Crippen LogP contribution in [-0.2, 0) is 0 Å². The Bertz CT molecular complexity index is 453. The predicted octanol–water partition coefficient (Wildman–Crippen LogP) is 1.75. The predicted molar refractivity (Wildman–Crippen MR) is 64.6 cm³/mol. The number of anilines is 1. The van der Waals surface area contributed by atoms with Gasteiger partial charge < -0.3 is 5.73 Å². The molecule has 0 radical (unpaired) electrons. The molecule has 2 aromatic rings. The number of thioether (sulfide) groups is 1. The van der Waals surface area contributed by atoms with E-state index >= 15 is 0 Å². The molecule has 0 spiro atoms. The van der Waals surface area contributed by atoms with Crippen LogP contribution in [0.15, 0.2) is 29.6 Å². The number of nitrogen functional groups attached to an aromatic ring is 1. The summed E-state index contributed by atoms with van der Waals surface area (Å²) >= 11 is 1.68. The van der Waals surface area contributed by atoms with Crippen LogP contribution in [0.3, 0.4) is 0 Å². The van der Waals surface area contributed by atoms with Crippen LogP contribution < -0.4 is 5.73 Å². The molecule has 0 atom stereocenters. The van der Waals surface area contributed by atoms with Crippen LogP contribution in [0.2, 0.25) is 0 Å². The van der Waals surface area contributed by atoms with E-state index in [-0.39, 0.29) is 0 Å². The van der Waals surface area contributed by atoms with E-state index in [9.17, 15) is 0 Å². The molecule has 2 heterocycles. The zero-order valence-corrected chi connectivity index (χ0v) is 9.81. The van der Waals surface area contributed by atoms with E-state index in [1.165, 1.54) is 0 Å². The molecule has 0 aliphatic carbocycles. The number of aromatic nitrogens is 4. The maximum absolute atomic E-state index is 5.85. The van der Waals surface area contributed by atoms with Crippen molar-refractivity contribution in [2.45, 2.75) is 18.4 Å². The highest BCUT2D eigenvalue weighted by molar-refractivity contribution is 7.99. The fourth-order valence-electron chi connectivity index (χ4n) is 1.21. The smallest absolute Gasteiger partial charge is 0.252 e. The highest BCUT2D eigenvalue weighted by Crippen LogP contribution is 2.20. The highest BCUT2D eigenvalue weighted by atomic mass is 32.2. The lowest BCUT2D eigenvalue weighted by atomic mass is 10.6. The molecular weight excluding hydrogens is 222 g/mol. The molecule has 2 rings (SSSR count). The molecule has 0 saturated carbocycles. The Morgan fingerprint density at radius 2 is 2.12 bits per heavy atom. The summed E-state index contributed by atoms with van der Waals surface area (Å²) in [4.78, 5) is 8.21. The Morgan fingerprint density at radius 1 is 1.38 bits per heavy atom. The lowest BCUT2D eigenvalue weighted by Gasteiger charge is -1.99. The zero-order valence-electron chi connectivity index (χ0n) is 9.00. The summed E-state index contributed by atoms with van der Waals surface area (Å²) in [6, 6.07) is 3.60. The van der Waals surface area contributed by atoms with E-state index in [2.05, 4.69) is 22.0 Å². The van der Waals surface area contributed by atoms with Crippen molar-refractivity contribution in [3.8, 4) is 5.95 Å². The van der Waals surface area contributed by atoms with Crippen LogP contribution in [0.1, 0.15) is 13.3 Å². The van der Waals surface area contributed by atoms with Gasteiger partial charge in [-0.1, -0.05) is 6.92 Å². The van der Waals surface area contributed by atoms with Crippen molar-refractivity contribution in [3.63, 3.8) is 0 Å². The first kappa shape index (κ1) is 10.9. The van der Waals surface area contributed by atoms with Crippen molar-refractivity contribution in [1.82, 2.24) is 19.7 Å². The molecule has 16 heavy (non-hydrogen) atoms. The van der Waals surface area contributed by atoms with Gasteiger partial charge in [-0.05, 0) is 18.2 Å². The van der Waals surface area contributed by atoms with Crippen LogP contribution >= 0.6 is 11.8 Å². The molecule has 0 aliphatic heterocycles. The van der Waals surface area contributed by atoms with Crippen LogP contribution in [0, 0.1) is 0 Å². The van der Waals surface area contributed by atoms with Gasteiger partial charge in [0.1, 0.15) is 10.8 Å². The minimum Gasteiger partial charge on any atom is -0.383 e. The second kappa shape index (κ2) is 4.98. The first-order valence-corrected chi connectivity index (χ1v) is 6.05. The van der Waals surface area contributed by atoms with E-state index in [0.29, 0.717) is 11.8 Å². The second-order valence-electron chi connectivity index (χ2n) is 3.22. The fourth-order valence-corrected chi connectivity index (χ4v) is 1.97. The SMILES string of the molecule is CCCSc1cc(N)n(-c2ncccn2)n1. The zero-order chi connectivity index (χ0) is 11.4. The average Bonchev–Trinajstić information content (AvgIpc) is 2.69. The monoisotopic (exact) mass is 235 g/mol. The molecule has 2 aromatic heterocycles. The van der Waals surface area contributed by atoms with Gasteiger partial charge in [0.2, 0.25) is 0 Å². The van der Waals surface area contributed by atoms with Crippen molar-refractivity contribution in [2.75, 3.05) is 11.5 Å². The summed E-state index contributed by atoms with van der Waals surface area (Å²) in [7, 11) is 0. The average molecular weight is 235 g/mol. The molecule has 84 valence electrons. The number of nitrogens with zero attached hydrogens (tertiary/aromatic N) is 4. The Labute approximate surface area is 98.1 Å². The normalized spacial score (nSPS) is 10.6. The number of hydrogen-bond donors (Lipinski definition) is 1. The molecule has 0 bridgehead atoms. The third-order valence-electron chi connectivity index (χ3n) is 1.91. The third-order valence-corrected chi connectivity index (χ3v) is 3.02. The molecule has 6 heteroatoms. The lowest BCUT2D eigenvalue weighted by Crippen LogP contribution is -2.05. The Balaban J connectivity index is 2.25. The van der Waals surface area contributed by atoms with Crippen LogP contribution in [0.25, 0.3) is 5.95 Å². The molecule has 0 fully saturated rings. The third kappa shape index (κ3) is 2.33. The Kier molecular flexibility index (Phi) is 3.40. The maximum Gasteiger partial charge on any atom is 0.252 e. The van der Waals surface area contributed by atoms with Crippen LogP contribution in [0.4, 0.5) is 5.82 Å². The number of hydrogen-bond acceptors (Lipinski definition) is 5. The number of rotatable bonds is 4. The maximum atomic E-state index is 5.85. The van der Waals surface area contributed by atoms with Crippen molar-refractivity contribution >= 4 is 17.6 Å². The minimum atomic E-state index is 0.503. The summed E-state index contributed by atoms with van der Waals surface area (Å²) in [5, 5.41) is 5.26. The van der Waals surface area contributed by atoms with E-state index in [1.807, 2.05) is 6.07 Å². The summed E-state index contributed by atoms with van der Waals surface area (Å²) in [5.74, 6) is 2.10. The summed E-state index contributed by atoms with van der Waals surface area (Å²) < 4.78 is 1.55. The van der Waals surface area contributed by atoms with Gasteiger partial charge in [0.15, 0.2) is 0 Å². The topological polar surface area (TPSA) is 69.6 Å². The molecule has 0 amide bonds. The Morgan fingerprint density at radius 3 is 2.81 bits per heavy atom. The fraction of sp³-hybridized carbons (Fsp3) is 0.300. The molecule has 0 unspecified atom stereocenters. The second-order valence-corrected chi connectivity index (χ2v) is 4.33. The van der Waals surface area contributed by atoms with Gasteiger partial charge in [-0.25, -0.2) is 9.97 Å². The molecule has 2 N–H and O–H groups in total. The van der Waals surface area contributed by atoms with Crippen LogP contribution in [-0.4, -0.2) is 25.5 Å². The standard InChI is InChI=1S/C10H13N5S/c1-2-6-16-9-7-8(11)15(14-9)10-12-4-3-5-13-10/h3-5,7H,2,6,11H2,1H3. The van der Waals surface area contributed by atoms with Gasteiger partial charge in [-0.2, -0.15) is 9.78 Å². The van der Waals surface area contributed by atoms with Gasteiger partial charge in [-0.3, -0.25) is 0 Å². The number of nitrogens with two attached hydrogens (primary N) is 1. The highest BCUT2D eigenvalue weighted by Gasteiger charge is 2.08. The van der Waals surface area contributed by atoms with Crippen molar-refractivity contribution in [3.05, 3.63) is 24.5 Å². The largest absolute Gasteiger partial charge is 0.383 e. The first-order valence-electron chi connectivity index (χ1n) is 5.07. The van der Waals surface area contributed by atoms with Crippen molar-refractivity contribution in [1.29, 1.82) is 0 Å². The molecule has 0 aromatic carbocycles. The minimum absolute atomic E-state index is 0.503. The van der Waals surface area contributed by atoms with Gasteiger partial charge in [-0.15, -0.1) is 11.8 Å². The lowest BCUT2D eigenvalue weighted by molar-refractivity contribution is 0.786. The van der Waals surface area contributed by atoms with E-state index in [1.54, 1.807) is 34.9 Å². The van der Waals surface area contributed by atoms with Gasteiger partial charge in [0.25, 0.3) is 5.95 Å². The van der Waals surface area contributed by atoms with Gasteiger partial charge >= 0.3 is 0 Å². The summed E-state index contributed by atoms with van der Waals surface area (Å²) in [6.07, 6.45) is 4.45. The van der Waals surface area contributed by atoms with E-state index in [0.717, 1.165) is 17.2 Å². The summed E-state index contributed by atoms with van der Waals surface area (Å²) in [5.41, 5.74) is 5.85. The summed E-state index contributed by atoms with van der Waals surface area (Å²) in [6.45, 7) is 2.13. The quantitative estimate of drug-likeness (QED) is 0.817.